The maximum Gasteiger partial charge on any atom is 0.410 e. The van der Waals surface area contributed by atoms with E-state index in [-0.39, 0.29) is 13.5 Å². The number of piperidine rings is 1. The van der Waals surface area contributed by atoms with Crippen molar-refractivity contribution in [3.63, 3.8) is 0 Å². The zero-order chi connectivity index (χ0) is 22.4. The van der Waals surface area contributed by atoms with Gasteiger partial charge in [0.2, 0.25) is 5.88 Å². The molecule has 0 spiro atoms. The quantitative estimate of drug-likeness (QED) is 0.581. The van der Waals surface area contributed by atoms with Crippen molar-refractivity contribution < 1.29 is 19.1 Å². The summed E-state index contributed by atoms with van der Waals surface area (Å²) >= 11 is 6.98. The molecule has 0 atom stereocenters. The summed E-state index contributed by atoms with van der Waals surface area (Å²) in [6.07, 6.45) is 1.39. The van der Waals surface area contributed by atoms with E-state index in [0.717, 1.165) is 12.8 Å². The van der Waals surface area contributed by atoms with E-state index < -0.39 is 11.6 Å². The van der Waals surface area contributed by atoms with Crippen LogP contribution in [0.1, 0.15) is 41.0 Å². The van der Waals surface area contributed by atoms with Crippen LogP contribution in [0.5, 0.6) is 5.88 Å². The van der Waals surface area contributed by atoms with Gasteiger partial charge in [-0.2, -0.15) is 4.98 Å². The molecule has 1 aliphatic rings. The Bertz CT molecular complexity index is 910. The van der Waals surface area contributed by atoms with Gasteiger partial charge < -0.3 is 14.4 Å². The predicted octanol–water partition coefficient (Wildman–Crippen LogP) is 5.50. The molecule has 2 aromatic heterocycles. The number of carbonyl (C=O) groups is 2. The molecule has 3 amide bonds. The number of rotatable bonds is 5. The van der Waals surface area contributed by atoms with Crippen LogP contribution >= 0.6 is 22.9 Å². The summed E-state index contributed by atoms with van der Waals surface area (Å²) in [6, 6.07) is 4.68. The van der Waals surface area contributed by atoms with Crippen LogP contribution in [-0.2, 0) is 4.74 Å². The lowest BCUT2D eigenvalue weighted by atomic mass is 9.98. The van der Waals surface area contributed by atoms with E-state index >= 15 is 0 Å². The highest BCUT2D eigenvalue weighted by atomic mass is 35.5. The minimum absolute atomic E-state index is 0. The van der Waals surface area contributed by atoms with Crippen LogP contribution in [0.2, 0.25) is 4.47 Å². The maximum atomic E-state index is 12.2. The van der Waals surface area contributed by atoms with Gasteiger partial charge in [0.15, 0.2) is 4.47 Å². The Morgan fingerprint density at radius 3 is 2.50 bits per heavy atom. The average Bonchev–Trinajstić information content (AvgIpc) is 3.10. The number of likely N-dealkylation sites (tertiary alicyclic amines) is 1. The van der Waals surface area contributed by atoms with Crippen LogP contribution in [0.4, 0.5) is 21.2 Å². The molecular weight excluding hydrogens is 454 g/mol. The first-order valence-electron chi connectivity index (χ1n) is 9.95. The lowest BCUT2D eigenvalue weighted by molar-refractivity contribution is 0.0164. The Labute approximate surface area is 197 Å². The highest BCUT2D eigenvalue weighted by Crippen LogP contribution is 2.22. The molecule has 11 heteroatoms. The zero-order valence-corrected chi connectivity index (χ0v) is 19.3. The number of hydrogen-bond donors (Lipinski definition) is 2. The minimum atomic E-state index is -0.494. The third-order valence-corrected chi connectivity index (χ3v) is 5.39. The van der Waals surface area contributed by atoms with Crippen molar-refractivity contribution in [3.05, 3.63) is 28.0 Å². The molecule has 0 saturated carbocycles. The Balaban J connectivity index is 0.00000363. The third-order valence-electron chi connectivity index (χ3n) is 4.42. The molecule has 2 N–H and O–H groups in total. The van der Waals surface area contributed by atoms with E-state index in [1.54, 1.807) is 28.5 Å². The van der Waals surface area contributed by atoms with Gasteiger partial charge in [-0.25, -0.2) is 14.6 Å². The molecule has 1 saturated heterocycles. The van der Waals surface area contributed by atoms with Gasteiger partial charge in [-0.3, -0.25) is 10.6 Å². The number of urea groups is 1. The molecule has 2 aromatic rings. The van der Waals surface area contributed by atoms with E-state index in [0.29, 0.717) is 47.6 Å². The van der Waals surface area contributed by atoms with Gasteiger partial charge in [-0.05, 0) is 45.6 Å². The van der Waals surface area contributed by atoms with Crippen molar-refractivity contribution in [2.75, 3.05) is 30.3 Å². The van der Waals surface area contributed by atoms with Gasteiger partial charge in [0.1, 0.15) is 17.2 Å². The Morgan fingerprint density at radius 1 is 1.19 bits per heavy atom. The van der Waals surface area contributed by atoms with Gasteiger partial charge in [-0.1, -0.05) is 25.1 Å². The average molecular weight is 484 g/mol. The van der Waals surface area contributed by atoms with Gasteiger partial charge in [0.05, 0.1) is 6.61 Å². The van der Waals surface area contributed by atoms with Crippen molar-refractivity contribution in [1.29, 1.82) is 0 Å². The molecule has 0 aromatic carbocycles. The van der Waals surface area contributed by atoms with Gasteiger partial charge in [-0.15, -0.1) is 11.3 Å². The first-order chi connectivity index (χ1) is 14.7. The van der Waals surface area contributed by atoms with E-state index in [9.17, 15) is 9.59 Å². The van der Waals surface area contributed by atoms with Crippen molar-refractivity contribution in [1.82, 2.24) is 14.9 Å². The van der Waals surface area contributed by atoms with Crippen molar-refractivity contribution >= 4 is 46.7 Å². The number of pyridine rings is 1. The molecule has 0 unspecified atom stereocenters. The topological polar surface area (TPSA) is 106 Å². The SMILES string of the molecule is C.CC(C)(C)OC(=O)N1CCC(COc2cccc(NC(=O)Nc3csc(Cl)n3)n2)CC1. The summed E-state index contributed by atoms with van der Waals surface area (Å²) in [5.41, 5.74) is -0.494. The summed E-state index contributed by atoms with van der Waals surface area (Å²) in [6.45, 7) is 7.35. The largest absolute Gasteiger partial charge is 0.477 e. The first kappa shape index (κ1) is 25.7. The number of halogens is 1. The predicted molar refractivity (Wildman–Crippen MR) is 127 cm³/mol. The number of anilines is 2. The Kier molecular flexibility index (Phi) is 9.09. The maximum absolute atomic E-state index is 12.2. The van der Waals surface area contributed by atoms with Crippen LogP contribution in [0.15, 0.2) is 23.6 Å². The van der Waals surface area contributed by atoms with Crippen molar-refractivity contribution in [2.45, 2.75) is 46.6 Å². The van der Waals surface area contributed by atoms with Gasteiger partial charge >= 0.3 is 12.1 Å². The molecule has 0 radical (unpaired) electrons. The van der Waals surface area contributed by atoms with E-state index in [2.05, 4.69) is 20.6 Å². The van der Waals surface area contributed by atoms with Gasteiger partial charge in [0, 0.05) is 24.5 Å². The van der Waals surface area contributed by atoms with E-state index in [1.165, 1.54) is 11.3 Å². The Morgan fingerprint density at radius 2 is 1.88 bits per heavy atom. The van der Waals surface area contributed by atoms with Gasteiger partial charge in [0.25, 0.3) is 0 Å². The fraction of sp³-hybridized carbons (Fsp3) is 0.524. The summed E-state index contributed by atoms with van der Waals surface area (Å²) < 4.78 is 11.6. The number of nitrogens with one attached hydrogen (secondary N) is 2. The number of carbonyl (C=O) groups excluding carboxylic acids is 2. The summed E-state index contributed by atoms with van der Waals surface area (Å²) in [7, 11) is 0. The molecule has 9 nitrogen and oxygen atoms in total. The van der Waals surface area contributed by atoms with E-state index in [1.807, 2.05) is 20.8 Å². The molecule has 3 heterocycles. The fourth-order valence-corrected chi connectivity index (χ4v) is 3.65. The fourth-order valence-electron chi connectivity index (χ4n) is 2.95. The highest BCUT2D eigenvalue weighted by molar-refractivity contribution is 7.14. The molecule has 1 aliphatic heterocycles. The normalized spacial score (nSPS) is 14.3. The van der Waals surface area contributed by atoms with Crippen molar-refractivity contribution in [3.8, 4) is 5.88 Å². The second kappa shape index (κ2) is 11.3. The zero-order valence-electron chi connectivity index (χ0n) is 17.7. The summed E-state index contributed by atoms with van der Waals surface area (Å²) in [5.74, 6) is 1.47. The second-order valence-electron chi connectivity index (χ2n) is 8.15. The van der Waals surface area contributed by atoms with Crippen LogP contribution in [-0.4, -0.2) is 52.3 Å². The number of ether oxygens (including phenoxy) is 2. The molecule has 3 rings (SSSR count). The molecule has 0 aliphatic carbocycles. The number of aromatic nitrogens is 2. The number of hydrogen-bond acceptors (Lipinski definition) is 7. The molecule has 1 fully saturated rings. The highest BCUT2D eigenvalue weighted by Gasteiger charge is 2.27. The van der Waals surface area contributed by atoms with Crippen LogP contribution in [0, 0.1) is 5.92 Å². The van der Waals surface area contributed by atoms with Crippen LogP contribution in [0.25, 0.3) is 0 Å². The van der Waals surface area contributed by atoms with Crippen molar-refractivity contribution in [2.24, 2.45) is 5.92 Å². The smallest absolute Gasteiger partial charge is 0.410 e. The molecule has 0 bridgehead atoms. The second-order valence-corrected chi connectivity index (χ2v) is 9.59. The number of amides is 3. The molecule has 176 valence electrons. The number of nitrogens with zero attached hydrogens (tertiary/aromatic N) is 3. The monoisotopic (exact) mass is 483 g/mol. The molecular formula is C21H30ClN5O4S. The lowest BCUT2D eigenvalue weighted by Crippen LogP contribution is -2.42. The Hall–Kier alpha value is -2.59. The molecule has 32 heavy (non-hydrogen) atoms. The first-order valence-corrected chi connectivity index (χ1v) is 11.2. The lowest BCUT2D eigenvalue weighted by Gasteiger charge is -2.33. The summed E-state index contributed by atoms with van der Waals surface area (Å²) in [4.78, 5) is 34.2. The third kappa shape index (κ3) is 8.16. The van der Waals surface area contributed by atoms with Crippen LogP contribution < -0.4 is 15.4 Å². The number of thiazole rings is 1. The standard InChI is InChI=1S/C20H26ClN5O4S.CH4/c1-20(2,3)30-19(28)26-9-7-13(8-10-26)11-29-16-6-4-5-14(22-16)24-18(27)25-15-12-31-17(21)23-15;/h4-6,12-13H,7-11H2,1-3H3,(H2,22,24,25,27);1H4. The summed E-state index contributed by atoms with van der Waals surface area (Å²) in [5, 5.41) is 6.86. The van der Waals surface area contributed by atoms with Crippen LogP contribution in [0.3, 0.4) is 0 Å². The minimum Gasteiger partial charge on any atom is -0.477 e. The van der Waals surface area contributed by atoms with E-state index in [4.69, 9.17) is 21.1 Å².